The number of halogens is 1. The van der Waals surface area contributed by atoms with Gasteiger partial charge in [-0.1, -0.05) is 24.3 Å². The normalized spacial score (nSPS) is 10.9. The van der Waals surface area contributed by atoms with E-state index in [0.29, 0.717) is 33.7 Å². The lowest BCUT2D eigenvalue weighted by molar-refractivity contribution is 0.100. The molecular weight excluding hydrogens is 347 g/mol. The van der Waals surface area contributed by atoms with E-state index < -0.39 is 11.7 Å². The summed E-state index contributed by atoms with van der Waals surface area (Å²) in [5.74, 6) is -0.959. The van der Waals surface area contributed by atoms with E-state index in [-0.39, 0.29) is 10.9 Å². The van der Waals surface area contributed by atoms with E-state index in [2.05, 4.69) is 15.0 Å². The minimum Gasteiger partial charge on any atom is -0.366 e. The quantitative estimate of drug-likeness (QED) is 0.586. The molecule has 27 heavy (non-hydrogen) atoms. The molecule has 6 nitrogen and oxygen atoms in total. The number of nitrogens with two attached hydrogens (primary N) is 1. The van der Waals surface area contributed by atoms with Crippen LogP contribution in [0.25, 0.3) is 33.7 Å². The molecule has 0 aliphatic heterocycles. The molecule has 2 aromatic carbocycles. The predicted octanol–water partition coefficient (Wildman–Crippen LogP) is 2.89. The zero-order valence-corrected chi connectivity index (χ0v) is 13.9. The van der Waals surface area contributed by atoms with Crippen LogP contribution in [0.15, 0.2) is 65.6 Å². The fourth-order valence-electron chi connectivity index (χ4n) is 2.81. The van der Waals surface area contributed by atoms with Crippen LogP contribution in [0.5, 0.6) is 0 Å². The highest BCUT2D eigenvalue weighted by Crippen LogP contribution is 2.30. The number of rotatable bonds is 3. The summed E-state index contributed by atoms with van der Waals surface area (Å²) in [7, 11) is 0. The van der Waals surface area contributed by atoms with Crippen molar-refractivity contribution >= 4 is 17.1 Å². The summed E-state index contributed by atoms with van der Waals surface area (Å²) < 4.78 is 13.7. The van der Waals surface area contributed by atoms with Gasteiger partial charge in [-0.05, 0) is 24.3 Å². The summed E-state index contributed by atoms with van der Waals surface area (Å²) in [6.07, 6.45) is 1.48. The smallest absolute Gasteiger partial charge is 0.248 e. The number of aromatic nitrogens is 3. The Bertz CT molecular complexity index is 1230. The number of carbonyl (C=O) groups excluding carboxylic acids is 1. The van der Waals surface area contributed by atoms with Gasteiger partial charge in [0.2, 0.25) is 11.3 Å². The molecule has 132 valence electrons. The predicted molar refractivity (Wildman–Crippen MR) is 99.5 cm³/mol. The van der Waals surface area contributed by atoms with Gasteiger partial charge in [0.15, 0.2) is 11.2 Å². The highest BCUT2D eigenvalue weighted by Gasteiger charge is 2.15. The van der Waals surface area contributed by atoms with E-state index in [0.717, 1.165) is 0 Å². The minimum atomic E-state index is -0.548. The van der Waals surface area contributed by atoms with E-state index in [4.69, 9.17) is 5.73 Å². The number of benzene rings is 2. The second-order valence-corrected chi connectivity index (χ2v) is 5.91. The average Bonchev–Trinajstić information content (AvgIpc) is 2.67. The van der Waals surface area contributed by atoms with Crippen LogP contribution >= 0.6 is 0 Å². The lowest BCUT2D eigenvalue weighted by Crippen LogP contribution is -2.10. The van der Waals surface area contributed by atoms with Gasteiger partial charge in [0.25, 0.3) is 0 Å². The third-order valence-electron chi connectivity index (χ3n) is 4.12. The molecule has 0 spiro atoms. The number of pyridine rings is 1. The molecule has 2 heterocycles. The molecule has 7 heteroatoms. The maximum atomic E-state index is 13.7. The third kappa shape index (κ3) is 3.06. The molecule has 0 unspecified atom stereocenters. The van der Waals surface area contributed by atoms with Crippen molar-refractivity contribution in [1.82, 2.24) is 15.0 Å². The van der Waals surface area contributed by atoms with Crippen LogP contribution in [0.1, 0.15) is 10.4 Å². The van der Waals surface area contributed by atoms with Crippen molar-refractivity contribution in [1.29, 1.82) is 0 Å². The third-order valence-corrected chi connectivity index (χ3v) is 4.12. The Morgan fingerprint density at radius 2 is 1.70 bits per heavy atom. The summed E-state index contributed by atoms with van der Waals surface area (Å²) in [5.41, 5.74) is 7.78. The first kappa shape index (κ1) is 16.6. The maximum Gasteiger partial charge on any atom is 0.248 e. The summed E-state index contributed by atoms with van der Waals surface area (Å²) in [4.78, 5) is 35.3. The molecule has 2 aromatic heterocycles. The lowest BCUT2D eigenvalue weighted by atomic mass is 10.0. The van der Waals surface area contributed by atoms with Crippen molar-refractivity contribution in [3.63, 3.8) is 0 Å². The van der Waals surface area contributed by atoms with Crippen LogP contribution in [0, 0.1) is 5.82 Å². The summed E-state index contributed by atoms with van der Waals surface area (Å²) in [5, 5.41) is 0. The molecule has 0 radical (unpaired) electrons. The number of amides is 1. The Morgan fingerprint density at radius 3 is 2.41 bits per heavy atom. The summed E-state index contributed by atoms with van der Waals surface area (Å²) in [6, 6.07) is 13.8. The van der Waals surface area contributed by atoms with Crippen molar-refractivity contribution in [2.24, 2.45) is 5.73 Å². The summed E-state index contributed by atoms with van der Waals surface area (Å²) >= 11 is 0. The van der Waals surface area contributed by atoms with Gasteiger partial charge in [-0.25, -0.2) is 14.4 Å². The molecule has 0 aliphatic carbocycles. The van der Waals surface area contributed by atoms with Crippen LogP contribution in [0.4, 0.5) is 4.39 Å². The second kappa shape index (κ2) is 6.45. The number of hydrogen-bond acceptors (Lipinski definition) is 4. The van der Waals surface area contributed by atoms with Gasteiger partial charge in [-0.2, -0.15) is 0 Å². The monoisotopic (exact) mass is 360 g/mol. The molecule has 3 N–H and O–H groups in total. The Kier molecular flexibility index (Phi) is 3.97. The van der Waals surface area contributed by atoms with Gasteiger partial charge < -0.3 is 10.7 Å². The van der Waals surface area contributed by atoms with Crippen LogP contribution < -0.4 is 11.2 Å². The number of nitrogens with one attached hydrogen (secondary N) is 1. The molecule has 4 rings (SSSR count). The number of aromatic amines is 1. The van der Waals surface area contributed by atoms with E-state index >= 15 is 0 Å². The standard InChI is InChI=1S/C20H13FN4O2/c21-14-3-1-2-13(10-14)17-16(11-4-6-12(7-5-11)19(22)27)24-18-15(26)8-9-23-20(18)25-17/h1-10H,(H2,22,27)(H,23,25,26). The highest BCUT2D eigenvalue weighted by atomic mass is 19.1. The number of H-pyrrole nitrogens is 1. The second-order valence-electron chi connectivity index (χ2n) is 5.91. The number of carbonyl (C=O) groups is 1. The zero-order valence-electron chi connectivity index (χ0n) is 13.9. The molecule has 0 fully saturated rings. The molecule has 1 amide bonds. The van der Waals surface area contributed by atoms with Gasteiger partial charge in [0.05, 0.1) is 11.4 Å². The summed E-state index contributed by atoms with van der Waals surface area (Å²) in [6.45, 7) is 0. The highest BCUT2D eigenvalue weighted by molar-refractivity contribution is 5.93. The van der Waals surface area contributed by atoms with Gasteiger partial charge in [0.1, 0.15) is 5.82 Å². The molecule has 0 saturated heterocycles. The number of primary amides is 1. The van der Waals surface area contributed by atoms with E-state index in [1.54, 1.807) is 36.4 Å². The average molecular weight is 360 g/mol. The molecule has 0 atom stereocenters. The Morgan fingerprint density at radius 1 is 0.963 bits per heavy atom. The van der Waals surface area contributed by atoms with Crippen molar-refractivity contribution < 1.29 is 9.18 Å². The van der Waals surface area contributed by atoms with Gasteiger partial charge in [-0.3, -0.25) is 9.59 Å². The van der Waals surface area contributed by atoms with Gasteiger partial charge >= 0.3 is 0 Å². The molecule has 4 aromatic rings. The van der Waals surface area contributed by atoms with Crippen LogP contribution in [0.2, 0.25) is 0 Å². The van der Waals surface area contributed by atoms with Gasteiger partial charge in [-0.15, -0.1) is 0 Å². The van der Waals surface area contributed by atoms with Crippen molar-refractivity contribution in [2.45, 2.75) is 0 Å². The molecule has 0 aliphatic rings. The lowest BCUT2D eigenvalue weighted by Gasteiger charge is -2.10. The Hall–Kier alpha value is -3.87. The van der Waals surface area contributed by atoms with Crippen LogP contribution in [0.3, 0.4) is 0 Å². The van der Waals surface area contributed by atoms with Crippen molar-refractivity contribution in [2.75, 3.05) is 0 Å². The number of hydrogen-bond donors (Lipinski definition) is 2. The van der Waals surface area contributed by atoms with E-state index in [1.165, 1.54) is 24.4 Å². The fraction of sp³-hybridized carbons (Fsp3) is 0. The minimum absolute atomic E-state index is 0.173. The topological polar surface area (TPSA) is 102 Å². The largest absolute Gasteiger partial charge is 0.366 e. The van der Waals surface area contributed by atoms with Gasteiger partial charge in [0, 0.05) is 29.0 Å². The van der Waals surface area contributed by atoms with Crippen molar-refractivity contribution in [3.05, 3.63) is 82.4 Å². The Balaban J connectivity index is 2.01. The molecule has 0 bridgehead atoms. The van der Waals surface area contributed by atoms with Crippen LogP contribution in [-0.4, -0.2) is 20.9 Å². The molecular formula is C20H13FN4O2. The van der Waals surface area contributed by atoms with Crippen LogP contribution in [-0.2, 0) is 0 Å². The first-order chi connectivity index (χ1) is 13.0. The number of nitrogens with zero attached hydrogens (tertiary/aromatic N) is 2. The van der Waals surface area contributed by atoms with Crippen molar-refractivity contribution in [3.8, 4) is 22.5 Å². The SMILES string of the molecule is NC(=O)c1ccc(-c2nc3c(=O)cc[nH]c3nc2-c2cccc(F)c2)cc1. The van der Waals surface area contributed by atoms with E-state index in [1.807, 2.05) is 0 Å². The fourth-order valence-corrected chi connectivity index (χ4v) is 2.81. The first-order valence-corrected chi connectivity index (χ1v) is 8.08. The van der Waals surface area contributed by atoms with E-state index in [9.17, 15) is 14.0 Å². The maximum absolute atomic E-state index is 13.7. The molecule has 0 saturated carbocycles. The number of fused-ring (bicyclic) bond motifs is 1. The Labute approximate surface area is 152 Å². The zero-order chi connectivity index (χ0) is 19.0. The first-order valence-electron chi connectivity index (χ1n) is 8.08.